The minimum atomic E-state index is -0.0461. The quantitative estimate of drug-likeness (QED) is 0.361. The van der Waals surface area contributed by atoms with Crippen LogP contribution in [-0.2, 0) is 16.0 Å². The number of carbonyl (C=O) groups excluding carboxylic acids is 2. The predicted molar refractivity (Wildman–Crippen MR) is 131 cm³/mol. The van der Waals surface area contributed by atoms with Gasteiger partial charge < -0.3 is 15.5 Å². The van der Waals surface area contributed by atoms with Crippen molar-refractivity contribution in [2.45, 2.75) is 25.7 Å². The summed E-state index contributed by atoms with van der Waals surface area (Å²) in [5, 5.41) is 15.7. The Morgan fingerprint density at radius 1 is 1.06 bits per heavy atom. The number of anilines is 2. The van der Waals surface area contributed by atoms with Crippen molar-refractivity contribution in [3.63, 3.8) is 0 Å². The van der Waals surface area contributed by atoms with Crippen LogP contribution in [0.5, 0.6) is 0 Å². The second kappa shape index (κ2) is 10.3. The van der Waals surface area contributed by atoms with Crippen molar-refractivity contribution in [3.8, 4) is 5.82 Å². The zero-order valence-electron chi connectivity index (χ0n) is 19.2. The SMILES string of the molecule is O=C(Cc1cn(-c2ccc(Nc3cnccn3)nn2)c2ccccc12)NCCCN1CCCC1=O. The Morgan fingerprint density at radius 3 is 2.74 bits per heavy atom. The van der Waals surface area contributed by atoms with E-state index in [0.717, 1.165) is 35.9 Å². The Morgan fingerprint density at radius 2 is 1.97 bits per heavy atom. The molecule has 0 aliphatic carbocycles. The van der Waals surface area contributed by atoms with E-state index in [1.54, 1.807) is 18.6 Å². The maximum absolute atomic E-state index is 12.6. The van der Waals surface area contributed by atoms with E-state index in [2.05, 4.69) is 30.8 Å². The molecule has 10 heteroatoms. The molecule has 2 N–H and O–H groups in total. The van der Waals surface area contributed by atoms with Crippen LogP contribution in [0.3, 0.4) is 0 Å². The van der Waals surface area contributed by atoms with Gasteiger partial charge in [-0.3, -0.25) is 19.1 Å². The molecule has 1 saturated heterocycles. The Hall–Kier alpha value is -4.34. The van der Waals surface area contributed by atoms with Crippen LogP contribution in [0, 0.1) is 0 Å². The molecule has 0 atom stereocenters. The zero-order valence-corrected chi connectivity index (χ0v) is 19.2. The lowest BCUT2D eigenvalue weighted by Gasteiger charge is -2.15. The number of para-hydroxylation sites is 1. The van der Waals surface area contributed by atoms with Crippen molar-refractivity contribution in [1.29, 1.82) is 0 Å². The molecular weight excluding hydrogens is 444 g/mol. The average molecular weight is 471 g/mol. The summed E-state index contributed by atoms with van der Waals surface area (Å²) >= 11 is 0. The van der Waals surface area contributed by atoms with Crippen molar-refractivity contribution in [2.24, 2.45) is 0 Å². The van der Waals surface area contributed by atoms with Gasteiger partial charge in [0, 0.05) is 50.0 Å². The van der Waals surface area contributed by atoms with Crippen molar-refractivity contribution in [1.82, 2.24) is 34.9 Å². The highest BCUT2D eigenvalue weighted by molar-refractivity contribution is 5.90. The van der Waals surface area contributed by atoms with E-state index >= 15 is 0 Å². The van der Waals surface area contributed by atoms with Crippen LogP contribution in [0.25, 0.3) is 16.7 Å². The molecule has 1 fully saturated rings. The molecule has 1 aliphatic heterocycles. The van der Waals surface area contributed by atoms with Gasteiger partial charge in [0.2, 0.25) is 11.8 Å². The first-order chi connectivity index (χ1) is 17.2. The number of amides is 2. The van der Waals surface area contributed by atoms with Gasteiger partial charge in [-0.1, -0.05) is 18.2 Å². The maximum Gasteiger partial charge on any atom is 0.224 e. The highest BCUT2D eigenvalue weighted by Gasteiger charge is 2.19. The molecule has 0 bridgehead atoms. The fourth-order valence-corrected chi connectivity index (χ4v) is 4.27. The predicted octanol–water partition coefficient (Wildman–Crippen LogP) is 2.63. The standard InChI is InChI=1S/C25H26N8O2/c34-24(28-10-4-14-32-13-3-7-25(32)35)15-18-17-33(20-6-2-1-5-19(18)20)23-9-8-21(30-31-23)29-22-16-26-11-12-27-22/h1-2,5-6,8-9,11-12,16-17H,3-4,7,10,13-15H2,(H,28,34)(H,27,29,30). The summed E-state index contributed by atoms with van der Waals surface area (Å²) in [6.45, 7) is 2.07. The molecule has 0 unspecified atom stereocenters. The fourth-order valence-electron chi connectivity index (χ4n) is 4.27. The highest BCUT2D eigenvalue weighted by Crippen LogP contribution is 2.25. The van der Waals surface area contributed by atoms with Gasteiger partial charge in [0.15, 0.2) is 11.6 Å². The average Bonchev–Trinajstić information content (AvgIpc) is 3.46. The molecule has 35 heavy (non-hydrogen) atoms. The third-order valence-electron chi connectivity index (χ3n) is 5.96. The molecule has 10 nitrogen and oxygen atoms in total. The van der Waals surface area contributed by atoms with Gasteiger partial charge in [0.25, 0.3) is 0 Å². The number of hydrogen-bond acceptors (Lipinski definition) is 7. The molecule has 0 radical (unpaired) electrons. The van der Waals surface area contributed by atoms with Crippen molar-refractivity contribution < 1.29 is 9.59 Å². The molecule has 1 aliphatic rings. The number of fused-ring (bicyclic) bond motifs is 1. The molecular formula is C25H26N8O2. The van der Waals surface area contributed by atoms with Gasteiger partial charge in [-0.2, -0.15) is 0 Å². The first kappa shape index (κ1) is 22.5. The van der Waals surface area contributed by atoms with E-state index in [0.29, 0.717) is 37.0 Å². The van der Waals surface area contributed by atoms with Gasteiger partial charge in [0.1, 0.15) is 5.82 Å². The second-order valence-electron chi connectivity index (χ2n) is 8.40. The van der Waals surface area contributed by atoms with Crippen LogP contribution < -0.4 is 10.6 Å². The van der Waals surface area contributed by atoms with E-state index in [-0.39, 0.29) is 18.2 Å². The van der Waals surface area contributed by atoms with Gasteiger partial charge in [-0.25, -0.2) is 4.98 Å². The van der Waals surface area contributed by atoms with E-state index in [1.807, 2.05) is 52.1 Å². The Labute approximate surface area is 202 Å². The van der Waals surface area contributed by atoms with E-state index in [1.165, 1.54) is 0 Å². The minimum absolute atomic E-state index is 0.0461. The molecule has 2 amide bonds. The first-order valence-electron chi connectivity index (χ1n) is 11.7. The van der Waals surface area contributed by atoms with Gasteiger partial charge in [0.05, 0.1) is 18.1 Å². The lowest BCUT2D eigenvalue weighted by Crippen LogP contribution is -2.31. The van der Waals surface area contributed by atoms with Crippen LogP contribution in [-0.4, -0.2) is 61.1 Å². The van der Waals surface area contributed by atoms with Crippen LogP contribution >= 0.6 is 0 Å². The molecule has 4 heterocycles. The Bertz CT molecular complexity index is 1320. The molecule has 0 spiro atoms. The van der Waals surface area contributed by atoms with Gasteiger partial charge in [-0.05, 0) is 36.6 Å². The number of hydrogen-bond donors (Lipinski definition) is 2. The van der Waals surface area contributed by atoms with Crippen molar-refractivity contribution >= 4 is 34.4 Å². The van der Waals surface area contributed by atoms with Crippen LogP contribution in [0.2, 0.25) is 0 Å². The van der Waals surface area contributed by atoms with Gasteiger partial charge in [-0.15, -0.1) is 10.2 Å². The van der Waals surface area contributed by atoms with E-state index in [9.17, 15) is 9.59 Å². The topological polar surface area (TPSA) is 118 Å². The monoisotopic (exact) mass is 470 g/mol. The third-order valence-corrected chi connectivity index (χ3v) is 5.96. The number of benzene rings is 1. The summed E-state index contributed by atoms with van der Waals surface area (Å²) in [6.07, 6.45) is 9.33. The highest BCUT2D eigenvalue weighted by atomic mass is 16.2. The van der Waals surface area contributed by atoms with Crippen LogP contribution in [0.1, 0.15) is 24.8 Å². The van der Waals surface area contributed by atoms with Gasteiger partial charge >= 0.3 is 0 Å². The lowest BCUT2D eigenvalue weighted by molar-refractivity contribution is -0.127. The summed E-state index contributed by atoms with van der Waals surface area (Å²) < 4.78 is 1.94. The summed E-state index contributed by atoms with van der Waals surface area (Å²) in [4.78, 5) is 34.4. The lowest BCUT2D eigenvalue weighted by atomic mass is 10.1. The summed E-state index contributed by atoms with van der Waals surface area (Å²) in [7, 11) is 0. The van der Waals surface area contributed by atoms with Crippen LogP contribution in [0.4, 0.5) is 11.6 Å². The number of aromatic nitrogens is 5. The van der Waals surface area contributed by atoms with Crippen molar-refractivity contribution in [3.05, 3.63) is 66.7 Å². The molecule has 3 aromatic heterocycles. The minimum Gasteiger partial charge on any atom is -0.356 e. The third kappa shape index (κ3) is 5.26. The summed E-state index contributed by atoms with van der Waals surface area (Å²) in [6, 6.07) is 11.6. The largest absolute Gasteiger partial charge is 0.356 e. The molecule has 4 aromatic rings. The van der Waals surface area contributed by atoms with E-state index in [4.69, 9.17) is 0 Å². The number of rotatable bonds is 9. The summed E-state index contributed by atoms with van der Waals surface area (Å²) in [5.74, 6) is 1.95. The number of nitrogens with zero attached hydrogens (tertiary/aromatic N) is 6. The molecule has 5 rings (SSSR count). The molecule has 178 valence electrons. The number of carbonyl (C=O) groups is 2. The second-order valence-corrected chi connectivity index (χ2v) is 8.40. The zero-order chi connectivity index (χ0) is 24.0. The summed E-state index contributed by atoms with van der Waals surface area (Å²) in [5.41, 5.74) is 1.86. The first-order valence-corrected chi connectivity index (χ1v) is 11.7. The Balaban J connectivity index is 1.25. The normalized spacial score (nSPS) is 13.4. The smallest absolute Gasteiger partial charge is 0.224 e. The number of likely N-dealkylation sites (tertiary alicyclic amines) is 1. The van der Waals surface area contributed by atoms with E-state index < -0.39 is 0 Å². The molecule has 1 aromatic carbocycles. The maximum atomic E-state index is 12.6. The molecule has 0 saturated carbocycles. The van der Waals surface area contributed by atoms with Crippen LogP contribution in [0.15, 0.2) is 61.2 Å². The Kier molecular flexibility index (Phi) is 6.60. The number of nitrogens with one attached hydrogen (secondary N) is 2. The van der Waals surface area contributed by atoms with Crippen molar-refractivity contribution in [2.75, 3.05) is 25.0 Å². The fraction of sp³-hybridized carbons (Fsp3) is 0.280.